The maximum absolute atomic E-state index is 13.3. The van der Waals surface area contributed by atoms with Gasteiger partial charge in [0.15, 0.2) is 0 Å². The van der Waals surface area contributed by atoms with Crippen molar-refractivity contribution in [1.82, 2.24) is 4.57 Å². The highest BCUT2D eigenvalue weighted by Gasteiger charge is 2.37. The second kappa shape index (κ2) is 6.72. The zero-order valence-corrected chi connectivity index (χ0v) is 16.2. The maximum Gasteiger partial charge on any atom is 0.258 e. The normalized spacial score (nSPS) is 21.5. The SMILES string of the molecule is C=C(C)[C@H]1CC=C([C@H]2C(C#N)=C(N)Oc3c2c(=O)n(C)c2ccccc32)CC1. The number of ether oxygens (including phenoxy) is 1. The molecule has 0 radical (unpaired) electrons. The summed E-state index contributed by atoms with van der Waals surface area (Å²) < 4.78 is 7.47. The van der Waals surface area contributed by atoms with Gasteiger partial charge in [0, 0.05) is 12.4 Å². The Morgan fingerprint density at radius 3 is 2.79 bits per heavy atom. The van der Waals surface area contributed by atoms with Crippen LogP contribution in [0.3, 0.4) is 0 Å². The summed E-state index contributed by atoms with van der Waals surface area (Å²) in [5.74, 6) is 0.543. The molecule has 4 rings (SSSR count). The van der Waals surface area contributed by atoms with E-state index >= 15 is 0 Å². The summed E-state index contributed by atoms with van der Waals surface area (Å²) in [4.78, 5) is 13.3. The highest BCUT2D eigenvalue weighted by molar-refractivity contribution is 5.88. The number of aromatic nitrogens is 1. The third kappa shape index (κ3) is 2.65. The minimum Gasteiger partial charge on any atom is -0.439 e. The van der Waals surface area contributed by atoms with Crippen molar-refractivity contribution in [2.24, 2.45) is 18.7 Å². The van der Waals surface area contributed by atoms with Gasteiger partial charge in [-0.2, -0.15) is 5.26 Å². The number of benzene rings is 1. The molecule has 0 saturated heterocycles. The fourth-order valence-corrected chi connectivity index (χ4v) is 4.36. The van der Waals surface area contributed by atoms with E-state index in [0.29, 0.717) is 22.8 Å². The van der Waals surface area contributed by atoms with Gasteiger partial charge in [-0.05, 0) is 44.2 Å². The Kier molecular flexibility index (Phi) is 4.35. The number of nitriles is 1. The van der Waals surface area contributed by atoms with Crippen molar-refractivity contribution in [2.45, 2.75) is 32.1 Å². The van der Waals surface area contributed by atoms with E-state index < -0.39 is 5.92 Å². The predicted molar refractivity (Wildman–Crippen MR) is 110 cm³/mol. The van der Waals surface area contributed by atoms with Gasteiger partial charge in [-0.25, -0.2) is 0 Å². The molecule has 0 spiro atoms. The largest absolute Gasteiger partial charge is 0.439 e. The molecule has 28 heavy (non-hydrogen) atoms. The van der Waals surface area contributed by atoms with E-state index in [1.165, 1.54) is 5.57 Å². The quantitative estimate of drug-likeness (QED) is 0.807. The summed E-state index contributed by atoms with van der Waals surface area (Å²) in [6.45, 7) is 6.12. The molecule has 1 aromatic carbocycles. The molecule has 1 aromatic heterocycles. The van der Waals surface area contributed by atoms with Crippen LogP contribution in [-0.2, 0) is 7.05 Å². The second-order valence-electron chi connectivity index (χ2n) is 7.65. The summed E-state index contributed by atoms with van der Waals surface area (Å²) in [5, 5.41) is 10.6. The van der Waals surface area contributed by atoms with Crippen LogP contribution in [-0.4, -0.2) is 4.57 Å². The number of nitrogens with two attached hydrogens (primary N) is 1. The monoisotopic (exact) mass is 373 g/mol. The zero-order valence-electron chi connectivity index (χ0n) is 16.2. The fraction of sp³-hybridized carbons (Fsp3) is 0.304. The van der Waals surface area contributed by atoms with Gasteiger partial charge in [-0.15, -0.1) is 0 Å². The Balaban J connectivity index is 1.97. The standard InChI is InChI=1S/C23H23N3O2/c1-13(2)14-8-10-15(11-9-14)19-17(12-24)22(25)28-21-16-6-4-5-7-18(16)26(3)23(27)20(19)21/h4-7,10,14,19H,1,8-9,11,25H2,2-3H3/t14-,19-/m0/s1. The third-order valence-electron chi connectivity index (χ3n) is 5.98. The number of fused-ring (bicyclic) bond motifs is 3. The Hall–Kier alpha value is -3.26. The number of hydrogen-bond acceptors (Lipinski definition) is 4. The summed E-state index contributed by atoms with van der Waals surface area (Å²) in [7, 11) is 1.75. The summed E-state index contributed by atoms with van der Waals surface area (Å²) in [6, 6.07) is 9.78. The van der Waals surface area contributed by atoms with E-state index in [1.54, 1.807) is 11.6 Å². The van der Waals surface area contributed by atoms with Crippen LogP contribution in [0.1, 0.15) is 37.7 Å². The van der Waals surface area contributed by atoms with E-state index in [0.717, 1.165) is 35.7 Å². The van der Waals surface area contributed by atoms with E-state index in [1.807, 2.05) is 31.2 Å². The molecule has 2 aromatic rings. The van der Waals surface area contributed by atoms with E-state index in [-0.39, 0.29) is 11.4 Å². The van der Waals surface area contributed by atoms with Crippen molar-refractivity contribution in [3.05, 3.63) is 75.4 Å². The van der Waals surface area contributed by atoms with Gasteiger partial charge in [0.1, 0.15) is 17.4 Å². The van der Waals surface area contributed by atoms with Gasteiger partial charge in [0.25, 0.3) is 5.56 Å². The van der Waals surface area contributed by atoms with Crippen molar-refractivity contribution in [3.63, 3.8) is 0 Å². The van der Waals surface area contributed by atoms with Crippen LogP contribution < -0.4 is 16.0 Å². The first kappa shape index (κ1) is 18.1. The molecule has 2 N–H and O–H groups in total. The Bertz CT molecular complexity index is 1160. The molecule has 5 nitrogen and oxygen atoms in total. The number of rotatable bonds is 2. The van der Waals surface area contributed by atoms with Crippen molar-refractivity contribution in [2.75, 3.05) is 0 Å². The average Bonchev–Trinajstić information content (AvgIpc) is 2.71. The Morgan fingerprint density at radius 1 is 1.39 bits per heavy atom. The van der Waals surface area contributed by atoms with Gasteiger partial charge in [-0.1, -0.05) is 35.9 Å². The van der Waals surface area contributed by atoms with Gasteiger partial charge in [0.2, 0.25) is 5.88 Å². The molecular formula is C23H23N3O2. The fourth-order valence-electron chi connectivity index (χ4n) is 4.36. The minimum absolute atomic E-state index is 0.0846. The van der Waals surface area contributed by atoms with Crippen molar-refractivity contribution in [1.29, 1.82) is 5.26 Å². The Morgan fingerprint density at radius 2 is 2.14 bits per heavy atom. The van der Waals surface area contributed by atoms with Crippen LogP contribution in [0.4, 0.5) is 0 Å². The third-order valence-corrected chi connectivity index (χ3v) is 5.98. The van der Waals surface area contributed by atoms with Crippen molar-refractivity contribution >= 4 is 10.9 Å². The molecule has 2 atom stereocenters. The molecule has 1 aliphatic heterocycles. The summed E-state index contributed by atoms with van der Waals surface area (Å²) >= 11 is 0. The minimum atomic E-state index is -0.455. The van der Waals surface area contributed by atoms with Crippen LogP contribution in [0.2, 0.25) is 0 Å². The van der Waals surface area contributed by atoms with Crippen molar-refractivity contribution in [3.8, 4) is 11.8 Å². The molecule has 2 heterocycles. The van der Waals surface area contributed by atoms with Crippen LogP contribution in [0.5, 0.6) is 5.75 Å². The van der Waals surface area contributed by atoms with E-state index in [4.69, 9.17) is 10.5 Å². The lowest BCUT2D eigenvalue weighted by Crippen LogP contribution is -2.31. The summed E-state index contributed by atoms with van der Waals surface area (Å²) in [5.41, 5.74) is 9.82. The first-order chi connectivity index (χ1) is 13.4. The van der Waals surface area contributed by atoms with E-state index in [2.05, 4.69) is 18.7 Å². The maximum atomic E-state index is 13.3. The number of nitrogens with zero attached hydrogens (tertiary/aromatic N) is 2. The summed E-state index contributed by atoms with van der Waals surface area (Å²) in [6.07, 6.45) is 4.78. The second-order valence-corrected chi connectivity index (χ2v) is 7.65. The van der Waals surface area contributed by atoms with Crippen LogP contribution in [0, 0.1) is 17.2 Å². The lowest BCUT2D eigenvalue weighted by molar-refractivity contribution is 0.392. The molecule has 142 valence electrons. The lowest BCUT2D eigenvalue weighted by atomic mass is 9.75. The molecule has 0 bridgehead atoms. The molecule has 0 amide bonds. The predicted octanol–water partition coefficient (Wildman–Crippen LogP) is 4.01. The smallest absolute Gasteiger partial charge is 0.258 e. The molecule has 1 aliphatic carbocycles. The number of allylic oxidation sites excluding steroid dienone is 4. The molecule has 0 saturated carbocycles. The van der Waals surface area contributed by atoms with Crippen molar-refractivity contribution < 1.29 is 4.74 Å². The highest BCUT2D eigenvalue weighted by atomic mass is 16.5. The topological polar surface area (TPSA) is 81.0 Å². The zero-order chi connectivity index (χ0) is 20.0. The highest BCUT2D eigenvalue weighted by Crippen LogP contribution is 2.46. The molecule has 5 heteroatoms. The number of hydrogen-bond donors (Lipinski definition) is 1. The first-order valence-corrected chi connectivity index (χ1v) is 9.47. The molecular weight excluding hydrogens is 350 g/mol. The molecule has 2 aliphatic rings. The molecule has 0 fully saturated rings. The van der Waals surface area contributed by atoms with Crippen LogP contribution in [0.25, 0.3) is 10.9 Å². The van der Waals surface area contributed by atoms with Gasteiger partial charge >= 0.3 is 0 Å². The van der Waals surface area contributed by atoms with E-state index in [9.17, 15) is 10.1 Å². The van der Waals surface area contributed by atoms with Crippen LogP contribution >= 0.6 is 0 Å². The van der Waals surface area contributed by atoms with Gasteiger partial charge < -0.3 is 15.0 Å². The Labute approximate surface area is 164 Å². The van der Waals surface area contributed by atoms with Crippen LogP contribution in [0.15, 0.2) is 64.3 Å². The molecule has 0 unspecified atom stereocenters. The first-order valence-electron chi connectivity index (χ1n) is 9.47. The number of para-hydroxylation sites is 1. The van der Waals surface area contributed by atoms with Gasteiger partial charge in [0.05, 0.1) is 17.0 Å². The van der Waals surface area contributed by atoms with Gasteiger partial charge in [-0.3, -0.25) is 4.79 Å². The average molecular weight is 373 g/mol. The number of aryl methyl sites for hydroxylation is 1. The lowest BCUT2D eigenvalue weighted by Gasteiger charge is -2.31. The number of pyridine rings is 1.